The molecule has 0 unspecified atom stereocenters. The molecule has 0 saturated heterocycles. The Morgan fingerprint density at radius 3 is 1.74 bits per heavy atom. The third-order valence-corrected chi connectivity index (χ3v) is 6.03. The molecule has 0 amide bonds. The van der Waals surface area contributed by atoms with Gasteiger partial charge in [-0.05, 0) is 23.8 Å². The summed E-state index contributed by atoms with van der Waals surface area (Å²) in [6.45, 7) is -0.192. The van der Waals surface area contributed by atoms with Gasteiger partial charge in [0, 0.05) is 5.39 Å². The highest BCUT2D eigenvalue weighted by Crippen LogP contribution is 2.35. The van der Waals surface area contributed by atoms with Crippen LogP contribution < -0.4 is 10.9 Å². The first-order valence-electron chi connectivity index (χ1n) is 11.3. The van der Waals surface area contributed by atoms with Gasteiger partial charge in [-0.2, -0.15) is 13.2 Å². The predicted octanol–water partition coefficient (Wildman–Crippen LogP) is 6.64. The van der Waals surface area contributed by atoms with E-state index in [9.17, 15) is 13.2 Å². The SMILES string of the molecule is FC(F)(F)c1cc(/C=C(/B(c2ccccc2)c2ccccc2)c2ccccc2)nc2ccccc12. The van der Waals surface area contributed by atoms with E-state index in [4.69, 9.17) is 0 Å². The fourth-order valence-corrected chi connectivity index (χ4v) is 4.47. The average Bonchev–Trinajstić information content (AvgIpc) is 2.89. The smallest absolute Gasteiger partial charge is 0.248 e. The third-order valence-electron chi connectivity index (χ3n) is 6.03. The van der Waals surface area contributed by atoms with Crippen LogP contribution in [0.15, 0.2) is 121 Å². The summed E-state index contributed by atoms with van der Waals surface area (Å²) < 4.78 is 42.0. The fraction of sp³-hybridized carbons (Fsp3) is 0.0333. The standard InChI is InChI=1S/C30H21BF3N/c32-30(33,34)27-20-25(35-29-19-11-10-18-26(27)29)21-28(22-12-4-1-5-13-22)31(23-14-6-2-7-15-23)24-16-8-3-9-17-24/h1-21H/b28-21+. The molecule has 5 heteroatoms. The summed E-state index contributed by atoms with van der Waals surface area (Å²) in [5.74, 6) is 0. The lowest BCUT2D eigenvalue weighted by molar-refractivity contribution is -0.136. The topological polar surface area (TPSA) is 12.9 Å². The quantitative estimate of drug-likeness (QED) is 0.266. The number of aromatic nitrogens is 1. The summed E-state index contributed by atoms with van der Waals surface area (Å²) in [5, 5.41) is 0.0982. The maximum Gasteiger partial charge on any atom is 0.417 e. The van der Waals surface area contributed by atoms with Crippen molar-refractivity contribution in [1.82, 2.24) is 4.98 Å². The zero-order chi connectivity index (χ0) is 24.3. The van der Waals surface area contributed by atoms with Gasteiger partial charge in [0.05, 0.1) is 16.8 Å². The van der Waals surface area contributed by atoms with E-state index in [2.05, 4.69) is 4.98 Å². The van der Waals surface area contributed by atoms with Crippen molar-refractivity contribution in [3.63, 3.8) is 0 Å². The number of hydrogen-bond acceptors (Lipinski definition) is 1. The molecule has 0 radical (unpaired) electrons. The van der Waals surface area contributed by atoms with Crippen molar-refractivity contribution in [1.29, 1.82) is 0 Å². The minimum Gasteiger partial charge on any atom is -0.248 e. The van der Waals surface area contributed by atoms with Gasteiger partial charge in [-0.1, -0.05) is 126 Å². The van der Waals surface area contributed by atoms with Crippen molar-refractivity contribution in [2.75, 3.05) is 0 Å². The Kier molecular flexibility index (Phi) is 6.24. The number of halogens is 3. The lowest BCUT2D eigenvalue weighted by Gasteiger charge is -2.20. The molecule has 0 fully saturated rings. The molecule has 1 nitrogen and oxygen atoms in total. The monoisotopic (exact) mass is 463 g/mol. The maximum atomic E-state index is 14.0. The summed E-state index contributed by atoms with van der Waals surface area (Å²) in [7, 11) is 0. The van der Waals surface area contributed by atoms with E-state index in [0.29, 0.717) is 5.52 Å². The van der Waals surface area contributed by atoms with Crippen LogP contribution in [0.1, 0.15) is 16.8 Å². The number of rotatable bonds is 5. The molecule has 0 aliphatic rings. The lowest BCUT2D eigenvalue weighted by atomic mass is 9.35. The molecule has 0 atom stereocenters. The summed E-state index contributed by atoms with van der Waals surface area (Å²) in [4.78, 5) is 4.61. The first-order chi connectivity index (χ1) is 17.0. The summed E-state index contributed by atoms with van der Waals surface area (Å²) in [5.41, 5.74) is 3.80. The third kappa shape index (κ3) is 4.90. The van der Waals surface area contributed by atoms with E-state index < -0.39 is 11.7 Å². The number of alkyl halides is 3. The van der Waals surface area contributed by atoms with Gasteiger partial charge in [0.25, 0.3) is 0 Å². The Hall–Kier alpha value is -4.12. The number of hydrogen-bond donors (Lipinski definition) is 0. The zero-order valence-electron chi connectivity index (χ0n) is 18.8. The van der Waals surface area contributed by atoms with E-state index in [-0.39, 0.29) is 17.8 Å². The molecule has 0 spiro atoms. The first-order valence-corrected chi connectivity index (χ1v) is 11.3. The Labute approximate surface area is 202 Å². The minimum absolute atomic E-state index is 0.0982. The Bertz CT molecular complexity index is 1420. The Morgan fingerprint density at radius 2 is 1.17 bits per heavy atom. The number of para-hydroxylation sites is 1. The summed E-state index contributed by atoms with van der Waals surface area (Å²) >= 11 is 0. The van der Waals surface area contributed by atoms with E-state index in [1.807, 2.05) is 91.0 Å². The van der Waals surface area contributed by atoms with Crippen molar-refractivity contribution in [2.24, 2.45) is 0 Å². The normalized spacial score (nSPS) is 12.0. The second-order valence-electron chi connectivity index (χ2n) is 8.33. The van der Waals surface area contributed by atoms with Gasteiger partial charge >= 0.3 is 6.18 Å². The van der Waals surface area contributed by atoms with Crippen molar-refractivity contribution in [3.8, 4) is 0 Å². The molecule has 170 valence electrons. The second-order valence-corrected chi connectivity index (χ2v) is 8.33. The Morgan fingerprint density at radius 1 is 0.657 bits per heavy atom. The van der Waals surface area contributed by atoms with Gasteiger partial charge in [-0.3, -0.25) is 0 Å². The van der Waals surface area contributed by atoms with E-state index in [1.165, 1.54) is 6.07 Å². The molecular formula is C30H21BF3N. The molecule has 0 bridgehead atoms. The van der Waals surface area contributed by atoms with Crippen molar-refractivity contribution in [3.05, 3.63) is 138 Å². The van der Waals surface area contributed by atoms with E-state index >= 15 is 0 Å². The van der Waals surface area contributed by atoms with Crippen LogP contribution in [0.25, 0.3) is 22.5 Å². The van der Waals surface area contributed by atoms with Crippen LogP contribution >= 0.6 is 0 Å². The lowest BCUT2D eigenvalue weighted by Crippen LogP contribution is -2.43. The molecule has 1 aromatic heterocycles. The average molecular weight is 463 g/mol. The van der Waals surface area contributed by atoms with Crippen LogP contribution in [0.3, 0.4) is 0 Å². The Balaban J connectivity index is 1.78. The van der Waals surface area contributed by atoms with E-state index in [0.717, 1.165) is 28.0 Å². The van der Waals surface area contributed by atoms with Crippen LogP contribution in [0.4, 0.5) is 13.2 Å². The van der Waals surface area contributed by atoms with Gasteiger partial charge in [0.2, 0.25) is 6.71 Å². The van der Waals surface area contributed by atoms with Gasteiger partial charge < -0.3 is 0 Å². The highest BCUT2D eigenvalue weighted by atomic mass is 19.4. The van der Waals surface area contributed by atoms with Gasteiger partial charge in [0.15, 0.2) is 0 Å². The van der Waals surface area contributed by atoms with Crippen LogP contribution in [-0.4, -0.2) is 11.7 Å². The molecule has 0 aliphatic carbocycles. The fourth-order valence-electron chi connectivity index (χ4n) is 4.47. The van der Waals surface area contributed by atoms with Crippen LogP contribution in [0, 0.1) is 0 Å². The predicted molar refractivity (Wildman–Crippen MR) is 139 cm³/mol. The molecule has 0 saturated carbocycles. The van der Waals surface area contributed by atoms with Crippen LogP contribution in [-0.2, 0) is 6.18 Å². The second kappa shape index (κ2) is 9.63. The molecule has 5 aromatic rings. The summed E-state index contributed by atoms with van der Waals surface area (Å²) in [6, 6.07) is 37.3. The van der Waals surface area contributed by atoms with Crippen molar-refractivity contribution >= 4 is 40.1 Å². The van der Waals surface area contributed by atoms with Gasteiger partial charge in [-0.25, -0.2) is 4.98 Å². The first kappa shape index (κ1) is 22.7. The number of fused-ring (bicyclic) bond motifs is 1. The number of nitrogens with zero attached hydrogens (tertiary/aromatic N) is 1. The highest BCUT2D eigenvalue weighted by molar-refractivity contribution is 7.00. The maximum absolute atomic E-state index is 14.0. The van der Waals surface area contributed by atoms with E-state index in [1.54, 1.807) is 24.3 Å². The largest absolute Gasteiger partial charge is 0.417 e. The zero-order valence-corrected chi connectivity index (χ0v) is 18.8. The molecule has 0 N–H and O–H groups in total. The molecule has 4 aromatic carbocycles. The minimum atomic E-state index is -4.49. The van der Waals surface area contributed by atoms with Gasteiger partial charge in [0.1, 0.15) is 0 Å². The number of pyridine rings is 1. The van der Waals surface area contributed by atoms with Crippen molar-refractivity contribution in [2.45, 2.75) is 6.18 Å². The van der Waals surface area contributed by atoms with Crippen LogP contribution in [0.2, 0.25) is 0 Å². The highest BCUT2D eigenvalue weighted by Gasteiger charge is 2.33. The molecule has 35 heavy (non-hydrogen) atoms. The molecule has 5 rings (SSSR count). The molecule has 1 heterocycles. The summed E-state index contributed by atoms with van der Waals surface area (Å²) in [6.07, 6.45) is -2.70. The molecule has 0 aliphatic heterocycles. The molecular weight excluding hydrogens is 442 g/mol. The van der Waals surface area contributed by atoms with Gasteiger partial charge in [-0.15, -0.1) is 0 Å². The van der Waals surface area contributed by atoms with Crippen molar-refractivity contribution < 1.29 is 13.2 Å². The number of benzene rings is 4. The van der Waals surface area contributed by atoms with Crippen LogP contribution in [0.5, 0.6) is 0 Å².